The Morgan fingerprint density at radius 2 is 1.61 bits per heavy atom. The zero-order valence-electron chi connectivity index (χ0n) is 9.79. The van der Waals surface area contributed by atoms with Gasteiger partial charge in [0.25, 0.3) is 0 Å². The molecule has 0 aromatic heterocycles. The van der Waals surface area contributed by atoms with Gasteiger partial charge in [0.1, 0.15) is 36.6 Å². The molecule has 6 atom stereocenters. The van der Waals surface area contributed by atoms with Crippen LogP contribution in [0.15, 0.2) is 0 Å². The van der Waals surface area contributed by atoms with Gasteiger partial charge in [-0.2, -0.15) is 0 Å². The van der Waals surface area contributed by atoms with Gasteiger partial charge in [0.2, 0.25) is 0 Å². The van der Waals surface area contributed by atoms with Crippen molar-refractivity contribution in [1.82, 2.24) is 0 Å². The summed E-state index contributed by atoms with van der Waals surface area (Å²) in [6.07, 6.45) is -7.12. The lowest BCUT2D eigenvalue weighted by Crippen LogP contribution is -2.59. The molecule has 0 radical (unpaired) electrons. The van der Waals surface area contributed by atoms with Crippen molar-refractivity contribution in [3.05, 3.63) is 0 Å². The number of aliphatic hydroxyl groups is 6. The molecule has 0 amide bonds. The Labute approximate surface area is 104 Å². The molecule has 108 valence electrons. The number of hydrogen-bond acceptors (Lipinski definition) is 8. The van der Waals surface area contributed by atoms with Crippen LogP contribution < -0.4 is 0 Å². The highest BCUT2D eigenvalue weighted by molar-refractivity contribution is 4.91. The molecule has 0 spiro atoms. The molecule has 0 saturated carbocycles. The fraction of sp³-hybridized carbons (Fsp3) is 1.00. The molecular weight excluding hydrogens is 248 g/mol. The van der Waals surface area contributed by atoms with E-state index in [0.29, 0.717) is 0 Å². The van der Waals surface area contributed by atoms with Crippen LogP contribution in [-0.2, 0) is 9.47 Å². The Morgan fingerprint density at radius 3 is 2.17 bits per heavy atom. The van der Waals surface area contributed by atoms with Crippen LogP contribution in [0.5, 0.6) is 0 Å². The fourth-order valence-electron chi connectivity index (χ4n) is 1.69. The molecule has 6 N–H and O–H groups in total. The summed E-state index contributed by atoms with van der Waals surface area (Å²) < 4.78 is 10.2. The largest absolute Gasteiger partial charge is 0.394 e. The zero-order valence-corrected chi connectivity index (χ0v) is 9.79. The highest BCUT2D eigenvalue weighted by atomic mass is 16.6. The summed E-state index contributed by atoms with van der Waals surface area (Å²) >= 11 is 0. The Hall–Kier alpha value is -0.320. The van der Waals surface area contributed by atoms with Crippen LogP contribution in [0.2, 0.25) is 0 Å². The summed E-state index contributed by atoms with van der Waals surface area (Å²) in [5.74, 6) is 0. The highest BCUT2D eigenvalue weighted by Gasteiger charge is 2.43. The molecule has 0 unspecified atom stereocenters. The summed E-state index contributed by atoms with van der Waals surface area (Å²) in [4.78, 5) is 0. The van der Waals surface area contributed by atoms with Gasteiger partial charge >= 0.3 is 0 Å². The van der Waals surface area contributed by atoms with E-state index in [1.54, 1.807) is 0 Å². The SMILES string of the molecule is OC[C@H](O)COC[C@H]1O[C@H](CO)[C@H](O)[C@H](O)[C@H]1O. The average molecular weight is 268 g/mol. The van der Waals surface area contributed by atoms with E-state index in [1.807, 2.05) is 0 Å². The van der Waals surface area contributed by atoms with Crippen molar-refractivity contribution in [2.24, 2.45) is 0 Å². The molecule has 0 aromatic rings. The lowest BCUT2D eigenvalue weighted by molar-refractivity contribution is -0.240. The minimum absolute atomic E-state index is 0.140. The topological polar surface area (TPSA) is 140 Å². The predicted octanol–water partition coefficient (Wildman–Crippen LogP) is -3.80. The van der Waals surface area contributed by atoms with Gasteiger partial charge in [0.05, 0.1) is 26.4 Å². The second kappa shape index (κ2) is 7.31. The van der Waals surface area contributed by atoms with Crippen LogP contribution in [0.1, 0.15) is 0 Å². The van der Waals surface area contributed by atoms with Gasteiger partial charge in [0, 0.05) is 0 Å². The molecule has 18 heavy (non-hydrogen) atoms. The molecule has 1 rings (SSSR count). The maximum atomic E-state index is 9.64. The Bertz CT molecular complexity index is 236. The molecule has 1 aliphatic rings. The van der Waals surface area contributed by atoms with Crippen molar-refractivity contribution in [3.63, 3.8) is 0 Å². The van der Waals surface area contributed by atoms with Crippen LogP contribution >= 0.6 is 0 Å². The van der Waals surface area contributed by atoms with Crippen molar-refractivity contribution < 1.29 is 40.1 Å². The van der Waals surface area contributed by atoms with E-state index in [0.717, 1.165) is 0 Å². The Morgan fingerprint density at radius 1 is 1.00 bits per heavy atom. The van der Waals surface area contributed by atoms with Crippen LogP contribution in [0.3, 0.4) is 0 Å². The molecule has 1 aliphatic heterocycles. The van der Waals surface area contributed by atoms with E-state index < -0.39 is 49.8 Å². The Kier molecular flexibility index (Phi) is 6.39. The Balaban J connectivity index is 2.44. The molecule has 0 bridgehead atoms. The van der Waals surface area contributed by atoms with Crippen LogP contribution in [0.25, 0.3) is 0 Å². The van der Waals surface area contributed by atoms with Crippen molar-refractivity contribution in [2.75, 3.05) is 26.4 Å². The van der Waals surface area contributed by atoms with Gasteiger partial charge in [0.15, 0.2) is 0 Å². The van der Waals surface area contributed by atoms with Crippen LogP contribution in [0.4, 0.5) is 0 Å². The zero-order chi connectivity index (χ0) is 13.7. The third kappa shape index (κ3) is 3.84. The summed E-state index contributed by atoms with van der Waals surface area (Å²) in [5, 5.41) is 55.2. The summed E-state index contributed by atoms with van der Waals surface area (Å²) in [6, 6.07) is 0. The van der Waals surface area contributed by atoms with Gasteiger partial charge < -0.3 is 40.1 Å². The summed E-state index contributed by atoms with van der Waals surface area (Å²) in [7, 11) is 0. The van der Waals surface area contributed by atoms with E-state index in [9.17, 15) is 15.3 Å². The van der Waals surface area contributed by atoms with Crippen molar-refractivity contribution in [2.45, 2.75) is 36.6 Å². The van der Waals surface area contributed by atoms with E-state index in [4.69, 9.17) is 24.8 Å². The number of ether oxygens (including phenoxy) is 2. The molecule has 1 saturated heterocycles. The third-order valence-electron chi connectivity index (χ3n) is 2.79. The first kappa shape index (κ1) is 15.7. The molecule has 0 aromatic carbocycles. The molecule has 8 heteroatoms. The van der Waals surface area contributed by atoms with Gasteiger partial charge in [-0.3, -0.25) is 0 Å². The van der Waals surface area contributed by atoms with E-state index >= 15 is 0 Å². The van der Waals surface area contributed by atoms with Gasteiger partial charge in [-0.05, 0) is 0 Å². The molecule has 1 heterocycles. The minimum atomic E-state index is -1.44. The first-order valence-electron chi connectivity index (χ1n) is 5.68. The molecular formula is C10H20O8. The standard InChI is InChI=1S/C10H20O8/c11-1-5(13)3-17-4-7-9(15)10(16)8(14)6(2-12)18-7/h5-16H,1-4H2/t5-,6+,7+,8-,9-,10-/m0/s1. The molecule has 0 aliphatic carbocycles. The first-order chi connectivity index (χ1) is 8.51. The predicted molar refractivity (Wildman–Crippen MR) is 57.7 cm³/mol. The van der Waals surface area contributed by atoms with E-state index in [-0.39, 0.29) is 13.2 Å². The third-order valence-corrected chi connectivity index (χ3v) is 2.79. The number of aliphatic hydroxyl groups excluding tert-OH is 6. The number of rotatable bonds is 6. The van der Waals surface area contributed by atoms with Gasteiger partial charge in [-0.1, -0.05) is 0 Å². The summed E-state index contributed by atoms with van der Waals surface area (Å²) in [5.41, 5.74) is 0. The lowest BCUT2D eigenvalue weighted by atomic mass is 9.95. The van der Waals surface area contributed by atoms with Crippen molar-refractivity contribution >= 4 is 0 Å². The minimum Gasteiger partial charge on any atom is -0.394 e. The second-order valence-corrected chi connectivity index (χ2v) is 4.24. The van der Waals surface area contributed by atoms with E-state index in [2.05, 4.69) is 0 Å². The summed E-state index contributed by atoms with van der Waals surface area (Å²) in [6.45, 7) is -1.24. The molecule has 1 fully saturated rings. The maximum Gasteiger partial charge on any atom is 0.111 e. The van der Waals surface area contributed by atoms with Gasteiger partial charge in [-0.25, -0.2) is 0 Å². The highest BCUT2D eigenvalue weighted by Crippen LogP contribution is 2.21. The van der Waals surface area contributed by atoms with E-state index in [1.165, 1.54) is 0 Å². The van der Waals surface area contributed by atoms with Gasteiger partial charge in [-0.15, -0.1) is 0 Å². The quantitative estimate of drug-likeness (QED) is 0.288. The van der Waals surface area contributed by atoms with Crippen molar-refractivity contribution in [3.8, 4) is 0 Å². The normalized spacial score (nSPS) is 38.7. The average Bonchev–Trinajstić information content (AvgIpc) is 2.38. The second-order valence-electron chi connectivity index (χ2n) is 4.24. The monoisotopic (exact) mass is 268 g/mol. The smallest absolute Gasteiger partial charge is 0.111 e. The van der Waals surface area contributed by atoms with Crippen molar-refractivity contribution in [1.29, 1.82) is 0 Å². The van der Waals surface area contributed by atoms with Crippen LogP contribution in [-0.4, -0.2) is 93.7 Å². The molecule has 8 nitrogen and oxygen atoms in total. The van der Waals surface area contributed by atoms with Crippen LogP contribution in [0, 0.1) is 0 Å². The fourth-order valence-corrected chi connectivity index (χ4v) is 1.69. The first-order valence-corrected chi connectivity index (χ1v) is 5.68. The number of hydrogen-bond donors (Lipinski definition) is 6. The lowest BCUT2D eigenvalue weighted by Gasteiger charge is -2.39. The maximum absolute atomic E-state index is 9.64.